The minimum Gasteiger partial charge on any atom is -0.482 e. The maximum Gasteiger partial charge on any atom is 0.418 e. The molecule has 2 atom stereocenters. The third-order valence-corrected chi connectivity index (χ3v) is 6.24. The number of aliphatic hydroxyl groups is 1. The Labute approximate surface area is 211 Å². The lowest BCUT2D eigenvalue weighted by Gasteiger charge is -2.31. The van der Waals surface area contributed by atoms with Gasteiger partial charge in [-0.15, -0.1) is 0 Å². The normalized spacial score (nSPS) is 16.5. The Morgan fingerprint density at radius 1 is 0.917 bits per heavy atom. The number of carbonyl (C=O) groups excluding carboxylic acids is 2. The molecule has 1 aliphatic carbocycles. The number of fused-ring (bicyclic) bond motifs is 1. The number of para-hydroxylation sites is 2. The molecule has 7 nitrogen and oxygen atoms in total. The number of ether oxygens (including phenoxy) is 3. The maximum atomic E-state index is 13.1. The second-order valence-corrected chi connectivity index (χ2v) is 8.54. The fraction of sp³-hybridized carbons (Fsp3) is 0.310. The molecule has 0 fully saturated rings. The smallest absolute Gasteiger partial charge is 0.418 e. The SMILES string of the molecule is CCOC(=O)COc1cccc2c1CCC(O)C2CCOC(=O)N(c1ccccc1)c1ccccc1. The number of carbonyl (C=O) groups is 2. The van der Waals surface area contributed by atoms with Gasteiger partial charge in [-0.25, -0.2) is 14.5 Å². The molecule has 0 saturated carbocycles. The van der Waals surface area contributed by atoms with Crippen LogP contribution >= 0.6 is 0 Å². The van der Waals surface area contributed by atoms with Gasteiger partial charge in [-0.05, 0) is 67.6 Å². The first kappa shape index (κ1) is 25.3. The Balaban J connectivity index is 1.44. The summed E-state index contributed by atoms with van der Waals surface area (Å²) in [7, 11) is 0. The quantitative estimate of drug-likeness (QED) is 0.406. The molecule has 0 radical (unpaired) electrons. The van der Waals surface area contributed by atoms with Gasteiger partial charge in [0.25, 0.3) is 0 Å². The van der Waals surface area contributed by atoms with Gasteiger partial charge in [0.2, 0.25) is 0 Å². The Bertz CT molecular complexity index is 1110. The number of anilines is 2. The van der Waals surface area contributed by atoms with E-state index >= 15 is 0 Å². The van der Waals surface area contributed by atoms with Crippen molar-refractivity contribution in [2.45, 2.75) is 38.2 Å². The Morgan fingerprint density at radius 3 is 2.22 bits per heavy atom. The highest BCUT2D eigenvalue weighted by molar-refractivity contribution is 5.95. The number of benzene rings is 3. The first-order valence-corrected chi connectivity index (χ1v) is 12.2. The van der Waals surface area contributed by atoms with Crippen LogP contribution in [-0.4, -0.2) is 43.1 Å². The van der Waals surface area contributed by atoms with Crippen molar-refractivity contribution in [1.29, 1.82) is 0 Å². The Morgan fingerprint density at radius 2 is 1.58 bits per heavy atom. The molecule has 7 heteroatoms. The van der Waals surface area contributed by atoms with Crippen LogP contribution in [0.1, 0.15) is 36.8 Å². The van der Waals surface area contributed by atoms with Crippen LogP contribution in [0.5, 0.6) is 5.75 Å². The van der Waals surface area contributed by atoms with Gasteiger partial charge in [-0.1, -0.05) is 48.5 Å². The summed E-state index contributed by atoms with van der Waals surface area (Å²) in [5.74, 6) is -0.0147. The molecular weight excluding hydrogens is 458 g/mol. The summed E-state index contributed by atoms with van der Waals surface area (Å²) in [6, 6.07) is 24.3. The minimum absolute atomic E-state index is 0.143. The number of amides is 1. The molecule has 0 heterocycles. The molecular formula is C29H31NO6. The van der Waals surface area contributed by atoms with E-state index in [-0.39, 0.29) is 19.1 Å². The molecule has 1 N–H and O–H groups in total. The molecule has 0 saturated heterocycles. The zero-order valence-corrected chi connectivity index (χ0v) is 20.3. The molecule has 4 rings (SSSR count). The second kappa shape index (κ2) is 12.2. The molecule has 0 aromatic heterocycles. The molecule has 36 heavy (non-hydrogen) atoms. The summed E-state index contributed by atoms with van der Waals surface area (Å²) >= 11 is 0. The van der Waals surface area contributed by atoms with Crippen LogP contribution in [0.25, 0.3) is 0 Å². The van der Waals surface area contributed by atoms with Gasteiger partial charge >= 0.3 is 12.1 Å². The van der Waals surface area contributed by atoms with Crippen molar-refractivity contribution in [3.63, 3.8) is 0 Å². The molecule has 3 aromatic carbocycles. The van der Waals surface area contributed by atoms with Gasteiger partial charge in [0, 0.05) is 5.92 Å². The van der Waals surface area contributed by atoms with E-state index in [1.165, 1.54) is 4.90 Å². The average Bonchev–Trinajstić information content (AvgIpc) is 2.90. The van der Waals surface area contributed by atoms with Crippen molar-refractivity contribution < 1.29 is 28.9 Å². The average molecular weight is 490 g/mol. The lowest BCUT2D eigenvalue weighted by atomic mass is 9.79. The summed E-state index contributed by atoms with van der Waals surface area (Å²) in [5.41, 5.74) is 3.34. The largest absolute Gasteiger partial charge is 0.482 e. The van der Waals surface area contributed by atoms with Crippen LogP contribution in [0, 0.1) is 0 Å². The number of hydrogen-bond donors (Lipinski definition) is 1. The monoisotopic (exact) mass is 489 g/mol. The minimum atomic E-state index is -0.559. The molecule has 1 aliphatic rings. The van der Waals surface area contributed by atoms with E-state index in [9.17, 15) is 14.7 Å². The molecule has 0 bridgehead atoms. The standard InChI is InChI=1S/C29H31NO6/c1-2-34-28(32)20-36-27-15-9-14-23-24(26(31)17-16-25(23)27)18-19-35-29(33)30(21-10-5-3-6-11-21)22-12-7-4-8-13-22/h3-15,24,26,31H,2,16-20H2,1H3. The highest BCUT2D eigenvalue weighted by Crippen LogP contribution is 2.39. The summed E-state index contributed by atoms with van der Waals surface area (Å²) in [4.78, 5) is 26.4. The van der Waals surface area contributed by atoms with Crippen molar-refractivity contribution in [3.8, 4) is 5.75 Å². The lowest BCUT2D eigenvalue weighted by molar-refractivity contribution is -0.145. The van der Waals surface area contributed by atoms with Gasteiger partial charge < -0.3 is 19.3 Å². The van der Waals surface area contributed by atoms with Gasteiger partial charge in [0.05, 0.1) is 30.7 Å². The molecule has 2 unspecified atom stereocenters. The number of aliphatic hydroxyl groups excluding tert-OH is 1. The Kier molecular flexibility index (Phi) is 8.57. The van der Waals surface area contributed by atoms with Crippen LogP contribution in [0.15, 0.2) is 78.9 Å². The van der Waals surface area contributed by atoms with Gasteiger partial charge in [-0.2, -0.15) is 0 Å². The summed E-state index contributed by atoms with van der Waals surface area (Å²) in [6.07, 6.45) is 0.617. The van der Waals surface area contributed by atoms with Crippen LogP contribution in [-0.2, 0) is 20.7 Å². The van der Waals surface area contributed by atoms with Gasteiger partial charge in [0.1, 0.15) is 5.75 Å². The molecule has 1 amide bonds. The highest BCUT2D eigenvalue weighted by Gasteiger charge is 2.30. The van der Waals surface area contributed by atoms with Crippen molar-refractivity contribution >= 4 is 23.4 Å². The Hall–Kier alpha value is -3.84. The van der Waals surface area contributed by atoms with E-state index < -0.39 is 18.2 Å². The zero-order chi connectivity index (χ0) is 25.3. The van der Waals surface area contributed by atoms with Crippen molar-refractivity contribution in [3.05, 3.63) is 90.0 Å². The predicted octanol–water partition coefficient (Wildman–Crippen LogP) is 5.38. The van der Waals surface area contributed by atoms with Crippen molar-refractivity contribution in [1.82, 2.24) is 0 Å². The van der Waals surface area contributed by atoms with Crippen molar-refractivity contribution in [2.75, 3.05) is 24.7 Å². The summed E-state index contributed by atoms with van der Waals surface area (Å²) in [5, 5.41) is 10.8. The van der Waals surface area contributed by atoms with Gasteiger partial charge in [0.15, 0.2) is 6.61 Å². The number of nitrogens with zero attached hydrogens (tertiary/aromatic N) is 1. The first-order valence-electron chi connectivity index (χ1n) is 12.2. The van der Waals surface area contributed by atoms with E-state index in [1.807, 2.05) is 78.9 Å². The lowest BCUT2D eigenvalue weighted by Crippen LogP contribution is -2.30. The predicted molar refractivity (Wildman–Crippen MR) is 137 cm³/mol. The van der Waals surface area contributed by atoms with E-state index in [0.717, 1.165) is 11.1 Å². The summed E-state index contributed by atoms with van der Waals surface area (Å²) in [6.45, 7) is 2.03. The van der Waals surface area contributed by atoms with E-state index in [1.54, 1.807) is 6.92 Å². The fourth-order valence-corrected chi connectivity index (χ4v) is 4.57. The van der Waals surface area contributed by atoms with Crippen LogP contribution in [0.4, 0.5) is 16.2 Å². The maximum absolute atomic E-state index is 13.1. The summed E-state index contributed by atoms with van der Waals surface area (Å²) < 4.78 is 16.4. The molecule has 3 aromatic rings. The molecule has 0 spiro atoms. The van der Waals surface area contributed by atoms with Crippen molar-refractivity contribution in [2.24, 2.45) is 0 Å². The van der Waals surface area contributed by atoms with Crippen LogP contribution in [0.3, 0.4) is 0 Å². The molecule has 0 aliphatic heterocycles. The fourth-order valence-electron chi connectivity index (χ4n) is 4.57. The second-order valence-electron chi connectivity index (χ2n) is 8.54. The van der Waals surface area contributed by atoms with E-state index in [2.05, 4.69) is 0 Å². The van der Waals surface area contributed by atoms with Gasteiger partial charge in [-0.3, -0.25) is 0 Å². The van der Waals surface area contributed by atoms with E-state index in [4.69, 9.17) is 14.2 Å². The molecule has 188 valence electrons. The third kappa shape index (κ3) is 6.04. The van der Waals surface area contributed by atoms with Crippen LogP contribution < -0.4 is 9.64 Å². The van der Waals surface area contributed by atoms with E-state index in [0.29, 0.717) is 43.0 Å². The van der Waals surface area contributed by atoms with Crippen LogP contribution in [0.2, 0.25) is 0 Å². The zero-order valence-electron chi connectivity index (χ0n) is 20.3. The topological polar surface area (TPSA) is 85.3 Å². The number of esters is 1. The first-order chi connectivity index (χ1) is 17.6. The highest BCUT2D eigenvalue weighted by atomic mass is 16.6. The number of rotatable bonds is 9. The third-order valence-electron chi connectivity index (χ3n) is 6.24. The number of hydrogen-bond acceptors (Lipinski definition) is 6.